The second-order valence-electron chi connectivity index (χ2n) is 5.29. The molecule has 0 aliphatic heterocycles. The zero-order chi connectivity index (χ0) is 13.0. The number of benzene rings is 1. The Hall–Kier alpha value is -1.18. The van der Waals surface area contributed by atoms with Crippen LogP contribution in [0.25, 0.3) is 0 Å². The molecule has 1 nitrogen and oxygen atoms in total. The molecular formula is C16H21FO. The summed E-state index contributed by atoms with van der Waals surface area (Å²) in [6.07, 6.45) is 5.85. The molecule has 1 saturated carbocycles. The summed E-state index contributed by atoms with van der Waals surface area (Å²) in [5.41, 5.74) is 0.544. The molecule has 0 heterocycles. The molecule has 2 heteroatoms. The molecule has 1 aliphatic carbocycles. The number of rotatable bonds is 4. The van der Waals surface area contributed by atoms with E-state index in [0.29, 0.717) is 11.5 Å². The highest BCUT2D eigenvalue weighted by Gasteiger charge is 2.29. The van der Waals surface area contributed by atoms with E-state index in [2.05, 4.69) is 6.92 Å². The van der Waals surface area contributed by atoms with E-state index in [1.165, 1.54) is 12.5 Å². The van der Waals surface area contributed by atoms with Gasteiger partial charge in [0.05, 0.1) is 0 Å². The lowest BCUT2D eigenvalue weighted by Crippen LogP contribution is -2.28. The van der Waals surface area contributed by atoms with Crippen molar-refractivity contribution in [3.63, 3.8) is 0 Å². The van der Waals surface area contributed by atoms with Crippen molar-refractivity contribution in [2.75, 3.05) is 0 Å². The minimum Gasteiger partial charge on any atom is -0.299 e. The van der Waals surface area contributed by atoms with Crippen molar-refractivity contribution < 1.29 is 9.18 Å². The van der Waals surface area contributed by atoms with Crippen molar-refractivity contribution in [2.24, 2.45) is 11.8 Å². The molecule has 0 bridgehead atoms. The second kappa shape index (κ2) is 6.12. The molecule has 1 aromatic carbocycles. The number of hydrogen-bond donors (Lipinski definition) is 0. The summed E-state index contributed by atoms with van der Waals surface area (Å²) in [4.78, 5) is 12.3. The lowest BCUT2D eigenvalue weighted by Gasteiger charge is -2.29. The van der Waals surface area contributed by atoms with Crippen LogP contribution in [0.5, 0.6) is 0 Å². The zero-order valence-corrected chi connectivity index (χ0v) is 11.0. The third-order valence-corrected chi connectivity index (χ3v) is 4.17. The van der Waals surface area contributed by atoms with Crippen LogP contribution in [-0.2, 0) is 11.2 Å². The van der Waals surface area contributed by atoms with E-state index in [0.717, 1.165) is 25.7 Å². The van der Waals surface area contributed by atoms with E-state index in [4.69, 9.17) is 0 Å². The van der Waals surface area contributed by atoms with Crippen LogP contribution < -0.4 is 0 Å². The smallest absolute Gasteiger partial charge is 0.140 e. The molecule has 2 unspecified atom stereocenters. The lowest BCUT2D eigenvalue weighted by atomic mass is 9.74. The van der Waals surface area contributed by atoms with Crippen LogP contribution >= 0.6 is 0 Å². The standard InChI is InChI=1S/C16H21FO/c1-2-12-7-3-5-9-14(12)16(18)11-13-8-4-6-10-15(13)17/h4,6,8,10,12,14H,2-3,5,7,9,11H2,1H3. The first-order valence-electron chi connectivity index (χ1n) is 6.98. The van der Waals surface area contributed by atoms with Crippen LogP contribution in [0.1, 0.15) is 44.6 Å². The van der Waals surface area contributed by atoms with E-state index in [9.17, 15) is 9.18 Å². The van der Waals surface area contributed by atoms with Crippen molar-refractivity contribution >= 4 is 5.78 Å². The number of carbonyl (C=O) groups is 1. The Morgan fingerprint density at radius 2 is 2.00 bits per heavy atom. The van der Waals surface area contributed by atoms with Gasteiger partial charge in [-0.05, 0) is 30.4 Å². The third-order valence-electron chi connectivity index (χ3n) is 4.17. The van der Waals surface area contributed by atoms with Crippen molar-refractivity contribution in [2.45, 2.75) is 45.4 Å². The van der Waals surface area contributed by atoms with Crippen molar-refractivity contribution in [1.82, 2.24) is 0 Å². The van der Waals surface area contributed by atoms with Crippen molar-refractivity contribution in [3.8, 4) is 0 Å². The molecule has 0 amide bonds. The number of carbonyl (C=O) groups excluding carboxylic acids is 1. The second-order valence-corrected chi connectivity index (χ2v) is 5.29. The number of ketones is 1. The summed E-state index contributed by atoms with van der Waals surface area (Å²) in [6.45, 7) is 2.15. The first-order chi connectivity index (χ1) is 8.72. The summed E-state index contributed by atoms with van der Waals surface area (Å²) in [5, 5.41) is 0. The van der Waals surface area contributed by atoms with Gasteiger partial charge in [0.1, 0.15) is 11.6 Å². The van der Waals surface area contributed by atoms with Gasteiger partial charge in [-0.25, -0.2) is 4.39 Å². The highest BCUT2D eigenvalue weighted by molar-refractivity contribution is 5.83. The van der Waals surface area contributed by atoms with E-state index >= 15 is 0 Å². The van der Waals surface area contributed by atoms with Crippen LogP contribution in [-0.4, -0.2) is 5.78 Å². The van der Waals surface area contributed by atoms with Crippen molar-refractivity contribution in [1.29, 1.82) is 0 Å². The molecule has 0 saturated heterocycles. The van der Waals surface area contributed by atoms with Crippen LogP contribution in [0.2, 0.25) is 0 Å². The fourth-order valence-corrected chi connectivity index (χ4v) is 3.08. The topological polar surface area (TPSA) is 17.1 Å². The number of hydrogen-bond acceptors (Lipinski definition) is 1. The molecule has 98 valence electrons. The van der Waals surface area contributed by atoms with Crippen molar-refractivity contribution in [3.05, 3.63) is 35.6 Å². The maximum absolute atomic E-state index is 13.5. The predicted octanol–water partition coefficient (Wildman–Crippen LogP) is 4.15. The molecule has 0 radical (unpaired) electrons. The van der Waals surface area contributed by atoms with Gasteiger partial charge in [0.15, 0.2) is 0 Å². The fraction of sp³-hybridized carbons (Fsp3) is 0.562. The molecule has 1 aromatic rings. The van der Waals surface area contributed by atoms with E-state index in [-0.39, 0.29) is 23.9 Å². The first-order valence-corrected chi connectivity index (χ1v) is 6.98. The summed E-state index contributed by atoms with van der Waals surface area (Å²) in [5.74, 6) is 0.641. The number of Topliss-reactive ketones (excluding diaryl/α,β-unsaturated/α-hetero) is 1. The number of halogens is 1. The van der Waals surface area contributed by atoms with Gasteiger partial charge in [-0.15, -0.1) is 0 Å². The summed E-state index contributed by atoms with van der Waals surface area (Å²) >= 11 is 0. The average Bonchev–Trinajstić information content (AvgIpc) is 2.41. The van der Waals surface area contributed by atoms with Gasteiger partial charge in [0, 0.05) is 12.3 Å². The quantitative estimate of drug-likeness (QED) is 0.782. The summed E-state index contributed by atoms with van der Waals surface area (Å²) < 4.78 is 13.5. The Bertz CT molecular complexity index is 413. The normalized spacial score (nSPS) is 23.9. The highest BCUT2D eigenvalue weighted by atomic mass is 19.1. The van der Waals surface area contributed by atoms with Crippen LogP contribution in [0.3, 0.4) is 0 Å². The SMILES string of the molecule is CCC1CCCCC1C(=O)Cc1ccccc1F. The Morgan fingerprint density at radius 1 is 1.28 bits per heavy atom. The summed E-state index contributed by atoms with van der Waals surface area (Å²) in [7, 11) is 0. The van der Waals surface area contributed by atoms with Crippen LogP contribution in [0.4, 0.5) is 4.39 Å². The van der Waals surface area contributed by atoms with Crippen LogP contribution in [0.15, 0.2) is 24.3 Å². The third kappa shape index (κ3) is 2.98. The molecular weight excluding hydrogens is 227 g/mol. The predicted molar refractivity (Wildman–Crippen MR) is 70.9 cm³/mol. The maximum atomic E-state index is 13.5. The molecule has 2 atom stereocenters. The zero-order valence-electron chi connectivity index (χ0n) is 11.0. The van der Waals surface area contributed by atoms with Gasteiger partial charge in [0.2, 0.25) is 0 Å². The molecule has 0 N–H and O–H groups in total. The van der Waals surface area contributed by atoms with E-state index < -0.39 is 0 Å². The van der Waals surface area contributed by atoms with Gasteiger partial charge < -0.3 is 0 Å². The minimum absolute atomic E-state index is 0.156. The monoisotopic (exact) mass is 248 g/mol. The molecule has 0 spiro atoms. The highest BCUT2D eigenvalue weighted by Crippen LogP contribution is 2.33. The Balaban J connectivity index is 2.05. The lowest BCUT2D eigenvalue weighted by molar-refractivity contribution is -0.125. The molecule has 2 rings (SSSR count). The van der Waals surface area contributed by atoms with Gasteiger partial charge in [-0.2, -0.15) is 0 Å². The van der Waals surface area contributed by atoms with Crippen LogP contribution in [0, 0.1) is 17.7 Å². The van der Waals surface area contributed by atoms with Gasteiger partial charge in [0.25, 0.3) is 0 Å². The Labute approximate surface area is 108 Å². The van der Waals surface area contributed by atoms with Gasteiger partial charge >= 0.3 is 0 Å². The van der Waals surface area contributed by atoms with Gasteiger partial charge in [-0.1, -0.05) is 44.4 Å². The van der Waals surface area contributed by atoms with E-state index in [1.54, 1.807) is 18.2 Å². The van der Waals surface area contributed by atoms with Gasteiger partial charge in [-0.3, -0.25) is 4.79 Å². The largest absolute Gasteiger partial charge is 0.299 e. The Morgan fingerprint density at radius 3 is 2.72 bits per heavy atom. The summed E-state index contributed by atoms with van der Waals surface area (Å²) in [6, 6.07) is 6.61. The molecule has 0 aromatic heterocycles. The first kappa shape index (κ1) is 13.3. The molecule has 18 heavy (non-hydrogen) atoms. The maximum Gasteiger partial charge on any atom is 0.140 e. The Kier molecular flexibility index (Phi) is 4.51. The fourth-order valence-electron chi connectivity index (χ4n) is 3.08. The molecule has 1 fully saturated rings. The molecule has 1 aliphatic rings. The van der Waals surface area contributed by atoms with E-state index in [1.807, 2.05) is 0 Å². The minimum atomic E-state index is -0.255. The average molecular weight is 248 g/mol.